The van der Waals surface area contributed by atoms with Crippen molar-refractivity contribution in [3.63, 3.8) is 0 Å². The summed E-state index contributed by atoms with van der Waals surface area (Å²) < 4.78 is 61.0. The lowest BCUT2D eigenvalue weighted by Crippen LogP contribution is -2.56. The first-order valence-electron chi connectivity index (χ1n) is 9.63. The van der Waals surface area contributed by atoms with Gasteiger partial charge in [0.15, 0.2) is 6.23 Å². The summed E-state index contributed by atoms with van der Waals surface area (Å²) in [5.41, 5.74) is -4.36. The molecule has 2 aromatic carbocycles. The molecule has 0 bridgehead atoms. The number of alkyl halides is 3. The summed E-state index contributed by atoms with van der Waals surface area (Å²) in [6.45, 7) is 0. The molecular weight excluding hydrogens is 507 g/mol. The van der Waals surface area contributed by atoms with Gasteiger partial charge >= 0.3 is 18.1 Å². The van der Waals surface area contributed by atoms with Crippen LogP contribution in [0.15, 0.2) is 70.5 Å². The van der Waals surface area contributed by atoms with Crippen molar-refractivity contribution in [2.24, 2.45) is 0 Å². The maximum atomic E-state index is 15.0. The average molecular weight is 524 g/mol. The van der Waals surface area contributed by atoms with Crippen molar-refractivity contribution in [1.29, 1.82) is 0 Å². The molecule has 2 heterocycles. The van der Waals surface area contributed by atoms with Gasteiger partial charge in [-0.3, -0.25) is 0 Å². The molecule has 0 aliphatic carbocycles. The Morgan fingerprint density at radius 2 is 1.67 bits per heavy atom. The van der Waals surface area contributed by atoms with E-state index in [0.29, 0.717) is 15.6 Å². The van der Waals surface area contributed by atoms with Gasteiger partial charge in [0, 0.05) is 16.2 Å². The number of rotatable bonds is 3. The van der Waals surface area contributed by atoms with Crippen molar-refractivity contribution in [2.45, 2.75) is 18.0 Å². The molecule has 0 amide bonds. The number of methoxy groups -OCH3 is 2. The second kappa shape index (κ2) is 8.35. The Labute approximate surface area is 195 Å². The second-order valence-electron chi connectivity index (χ2n) is 7.21. The van der Waals surface area contributed by atoms with Gasteiger partial charge in [-0.05, 0) is 29.3 Å². The third-order valence-electron chi connectivity index (χ3n) is 5.48. The van der Waals surface area contributed by atoms with E-state index in [0.717, 1.165) is 19.1 Å². The molecular formula is C23H17BrF3NO5. The van der Waals surface area contributed by atoms with Crippen LogP contribution in [0.4, 0.5) is 13.2 Å². The zero-order chi connectivity index (χ0) is 24.0. The Morgan fingerprint density at radius 3 is 2.27 bits per heavy atom. The van der Waals surface area contributed by atoms with Crippen LogP contribution in [0, 0.1) is 0 Å². The zero-order valence-electron chi connectivity index (χ0n) is 17.4. The number of halogens is 4. The quantitative estimate of drug-likeness (QED) is 0.537. The predicted molar refractivity (Wildman–Crippen MR) is 114 cm³/mol. The van der Waals surface area contributed by atoms with Gasteiger partial charge < -0.3 is 19.1 Å². The molecule has 0 saturated carbocycles. The van der Waals surface area contributed by atoms with E-state index < -0.39 is 46.8 Å². The van der Waals surface area contributed by atoms with E-state index in [4.69, 9.17) is 14.2 Å². The number of carbonyl (C=O) groups is 2. The molecule has 0 spiro atoms. The van der Waals surface area contributed by atoms with Crippen LogP contribution >= 0.6 is 15.9 Å². The Bertz CT molecular complexity index is 1180. The molecule has 10 heteroatoms. The topological polar surface area (TPSA) is 65.1 Å². The first-order valence-corrected chi connectivity index (χ1v) is 10.4. The number of benzene rings is 2. The summed E-state index contributed by atoms with van der Waals surface area (Å²) in [4.78, 5) is 26.9. The van der Waals surface area contributed by atoms with Crippen molar-refractivity contribution in [1.82, 2.24) is 4.90 Å². The number of hydrogen-bond acceptors (Lipinski definition) is 6. The minimum atomic E-state index is -5.16. The highest BCUT2D eigenvalue weighted by molar-refractivity contribution is 9.10. The number of carbonyl (C=O) groups excluding carboxylic acids is 2. The maximum absolute atomic E-state index is 15.0. The number of hydrogen-bond donors (Lipinski definition) is 0. The molecule has 2 atom stereocenters. The normalized spacial score (nSPS) is 21.9. The summed E-state index contributed by atoms with van der Waals surface area (Å²) in [6.07, 6.45) is -3.55. The van der Waals surface area contributed by atoms with Crippen LogP contribution in [0.2, 0.25) is 0 Å². The van der Waals surface area contributed by atoms with Crippen LogP contribution in [0.3, 0.4) is 0 Å². The Balaban J connectivity index is 2.14. The number of ether oxygens (including phenoxy) is 3. The third-order valence-corrected chi connectivity index (χ3v) is 6.01. The van der Waals surface area contributed by atoms with Crippen molar-refractivity contribution in [2.75, 3.05) is 14.2 Å². The molecule has 0 saturated heterocycles. The van der Waals surface area contributed by atoms with Crippen LogP contribution in [0.1, 0.15) is 22.9 Å². The van der Waals surface area contributed by atoms with Crippen LogP contribution in [-0.4, -0.2) is 37.2 Å². The molecule has 2 aliphatic heterocycles. The molecule has 6 nitrogen and oxygen atoms in total. The summed E-state index contributed by atoms with van der Waals surface area (Å²) in [5, 5.41) is 0. The van der Waals surface area contributed by atoms with Crippen LogP contribution < -0.4 is 0 Å². The summed E-state index contributed by atoms with van der Waals surface area (Å²) >= 11 is 3.20. The van der Waals surface area contributed by atoms with E-state index in [9.17, 15) is 9.59 Å². The zero-order valence-corrected chi connectivity index (χ0v) is 18.9. The first kappa shape index (κ1) is 23.1. The summed E-state index contributed by atoms with van der Waals surface area (Å²) in [7, 11) is 1.95. The minimum absolute atomic E-state index is 0.385. The highest BCUT2D eigenvalue weighted by Gasteiger charge is 2.67. The Kier molecular flexibility index (Phi) is 5.83. The number of esters is 2. The fourth-order valence-electron chi connectivity index (χ4n) is 4.03. The number of nitrogens with zero attached hydrogens (tertiary/aromatic N) is 1. The van der Waals surface area contributed by atoms with E-state index in [2.05, 4.69) is 15.9 Å². The highest BCUT2D eigenvalue weighted by Crippen LogP contribution is 2.56. The molecule has 4 rings (SSSR count). The minimum Gasteiger partial charge on any atom is -0.466 e. The first-order chi connectivity index (χ1) is 15.7. The predicted octanol–water partition coefficient (Wildman–Crippen LogP) is 4.82. The van der Waals surface area contributed by atoms with Gasteiger partial charge in [-0.15, -0.1) is 0 Å². The molecule has 33 heavy (non-hydrogen) atoms. The van der Waals surface area contributed by atoms with E-state index in [1.165, 1.54) is 30.5 Å². The van der Waals surface area contributed by atoms with E-state index in [-0.39, 0.29) is 0 Å². The van der Waals surface area contributed by atoms with Crippen LogP contribution in [0.5, 0.6) is 0 Å². The van der Waals surface area contributed by atoms with Gasteiger partial charge in [0.1, 0.15) is 11.3 Å². The Hall–Kier alpha value is -3.11. The van der Waals surface area contributed by atoms with Crippen LogP contribution in [0.25, 0.3) is 6.08 Å². The maximum Gasteiger partial charge on any atom is 0.426 e. The van der Waals surface area contributed by atoms with Gasteiger partial charge in [0.25, 0.3) is 0 Å². The van der Waals surface area contributed by atoms with Crippen LogP contribution in [-0.2, 0) is 29.4 Å². The third kappa shape index (κ3) is 3.53. The van der Waals surface area contributed by atoms with E-state index in [1.54, 1.807) is 30.3 Å². The van der Waals surface area contributed by atoms with E-state index >= 15 is 13.2 Å². The summed E-state index contributed by atoms with van der Waals surface area (Å²) in [5.74, 6) is -2.51. The van der Waals surface area contributed by atoms with Crippen molar-refractivity contribution >= 4 is 33.9 Å². The van der Waals surface area contributed by atoms with Gasteiger partial charge in [-0.1, -0.05) is 52.3 Å². The van der Waals surface area contributed by atoms with E-state index in [1.807, 2.05) is 0 Å². The monoisotopic (exact) mass is 523 g/mol. The lowest BCUT2D eigenvalue weighted by Gasteiger charge is -2.48. The van der Waals surface area contributed by atoms with Crippen molar-refractivity contribution in [3.05, 3.63) is 87.2 Å². The standard InChI is InChI=1S/C23H17BrF3NO5/c1-31-20(29)17-18(21(30)32-2)28-12-11-13-5-3-4-6-16(13)19(28)33-22(17,23(25,26)27)14-7-9-15(24)10-8-14/h3-12,19H,1-2H3. The molecule has 2 aliphatic rings. The largest absolute Gasteiger partial charge is 0.466 e. The molecule has 0 radical (unpaired) electrons. The fourth-order valence-corrected chi connectivity index (χ4v) is 4.29. The highest BCUT2D eigenvalue weighted by atomic mass is 79.9. The van der Waals surface area contributed by atoms with Gasteiger partial charge in [0.05, 0.1) is 14.2 Å². The molecule has 2 aromatic rings. The second-order valence-corrected chi connectivity index (χ2v) is 8.13. The SMILES string of the molecule is COC(=O)C1=C(C(=O)OC)C(c2ccc(Br)cc2)(C(F)(F)F)OC2c3ccccc3C=CN12. The summed E-state index contributed by atoms with van der Waals surface area (Å²) in [6, 6.07) is 11.8. The van der Waals surface area contributed by atoms with Crippen molar-refractivity contribution < 1.29 is 37.0 Å². The van der Waals surface area contributed by atoms with Gasteiger partial charge in [-0.25, -0.2) is 9.59 Å². The van der Waals surface area contributed by atoms with Gasteiger partial charge in [0.2, 0.25) is 5.60 Å². The number of fused-ring (bicyclic) bond motifs is 3. The van der Waals surface area contributed by atoms with Crippen molar-refractivity contribution in [3.8, 4) is 0 Å². The molecule has 0 fully saturated rings. The smallest absolute Gasteiger partial charge is 0.426 e. The Morgan fingerprint density at radius 1 is 1.03 bits per heavy atom. The molecule has 172 valence electrons. The fraction of sp³-hybridized carbons (Fsp3) is 0.217. The van der Waals surface area contributed by atoms with Gasteiger partial charge in [-0.2, -0.15) is 13.2 Å². The molecule has 2 unspecified atom stereocenters. The average Bonchev–Trinajstić information content (AvgIpc) is 2.81. The molecule has 0 aromatic heterocycles. The lowest BCUT2D eigenvalue weighted by molar-refractivity contribution is -0.303. The lowest BCUT2D eigenvalue weighted by atomic mass is 9.81. The molecule has 0 N–H and O–H groups in total.